The Morgan fingerprint density at radius 3 is 1.39 bits per heavy atom. The van der Waals surface area contributed by atoms with Crippen molar-refractivity contribution in [2.75, 3.05) is 84.5 Å². The van der Waals surface area contributed by atoms with Crippen molar-refractivity contribution >= 4 is 103 Å². The molecule has 0 radical (unpaired) electrons. The van der Waals surface area contributed by atoms with E-state index in [9.17, 15) is 43.5 Å². The Morgan fingerprint density at radius 2 is 0.971 bits per heavy atom. The predicted molar refractivity (Wildman–Crippen MR) is 286 cm³/mol. The summed E-state index contributed by atoms with van der Waals surface area (Å²) in [4.78, 5) is 91.7. The van der Waals surface area contributed by atoms with E-state index in [-0.39, 0.29) is 126 Å². The highest BCUT2D eigenvalue weighted by Gasteiger charge is 2.21. The SMILES string of the molecule is CC.CSCC(NI)C(=O)S.O=C(O)CCCCCCCCCCCCCCC(=O)NC(CCC(=O)NCCOCCOCC(=O)NCCOCCOCC(=O)NCCCCC(NP)C(=O)O)C(=O)O. The number of rotatable bonds is 47. The van der Waals surface area contributed by atoms with Gasteiger partial charge in [-0.2, -0.15) is 11.8 Å². The molecule has 0 rings (SSSR count). The lowest BCUT2D eigenvalue weighted by Gasteiger charge is -2.14. The number of carbonyl (C=O) groups excluding carboxylic acids is 5. The molecule has 0 bridgehead atoms. The Morgan fingerprint density at radius 1 is 0.529 bits per heavy atom. The van der Waals surface area contributed by atoms with Gasteiger partial charge in [-0.15, -0.1) is 12.6 Å². The fraction of sp³-hybridized carbons (Fsp3) is 0.822. The molecule has 21 nitrogen and oxygen atoms in total. The van der Waals surface area contributed by atoms with Crippen molar-refractivity contribution < 1.29 is 72.6 Å². The van der Waals surface area contributed by atoms with Crippen LogP contribution in [0.25, 0.3) is 0 Å². The maximum atomic E-state index is 12.3. The van der Waals surface area contributed by atoms with E-state index in [1.807, 2.05) is 43.0 Å². The summed E-state index contributed by atoms with van der Waals surface area (Å²) < 4.78 is 24.1. The Labute approximate surface area is 442 Å². The first-order chi connectivity index (χ1) is 33.7. The van der Waals surface area contributed by atoms with Gasteiger partial charge >= 0.3 is 17.9 Å². The maximum Gasteiger partial charge on any atom is 0.326 e. The first-order valence-electron chi connectivity index (χ1n) is 24.3. The summed E-state index contributed by atoms with van der Waals surface area (Å²) in [6.45, 7) is 5.83. The number of thiol groups is 1. The number of unbranched alkanes of at least 4 members (excludes halogenated alkanes) is 12. The van der Waals surface area contributed by atoms with Crippen molar-refractivity contribution in [1.29, 1.82) is 0 Å². The zero-order chi connectivity index (χ0) is 53.0. The van der Waals surface area contributed by atoms with Crippen LogP contribution in [0.1, 0.15) is 136 Å². The number of amides is 4. The second-order valence-electron chi connectivity index (χ2n) is 15.5. The lowest BCUT2D eigenvalue weighted by Crippen LogP contribution is -2.41. The van der Waals surface area contributed by atoms with E-state index in [1.54, 1.807) is 11.8 Å². The molecule has 0 saturated carbocycles. The van der Waals surface area contributed by atoms with Crippen LogP contribution >= 0.6 is 56.6 Å². The Bertz CT molecular complexity index is 1390. The van der Waals surface area contributed by atoms with Crippen LogP contribution in [0.3, 0.4) is 0 Å². The van der Waals surface area contributed by atoms with Crippen LogP contribution in [0.2, 0.25) is 0 Å². The van der Waals surface area contributed by atoms with Gasteiger partial charge in [0.2, 0.25) is 28.7 Å². The smallest absolute Gasteiger partial charge is 0.326 e. The van der Waals surface area contributed by atoms with Gasteiger partial charge in [-0.05, 0) is 44.8 Å². The van der Waals surface area contributed by atoms with Crippen LogP contribution in [-0.4, -0.2) is 165 Å². The molecule has 4 atom stereocenters. The minimum atomic E-state index is -1.19. The van der Waals surface area contributed by atoms with Gasteiger partial charge in [0.05, 0.1) is 45.7 Å². The van der Waals surface area contributed by atoms with Crippen molar-refractivity contribution in [3.05, 3.63) is 0 Å². The number of carbonyl (C=O) groups is 8. The summed E-state index contributed by atoms with van der Waals surface area (Å²) in [5.74, 6) is -3.37. The lowest BCUT2D eigenvalue weighted by atomic mass is 10.0. The quantitative estimate of drug-likeness (QED) is 0.0132. The van der Waals surface area contributed by atoms with Crippen molar-refractivity contribution in [3.8, 4) is 0 Å². The minimum Gasteiger partial charge on any atom is -0.481 e. The highest BCUT2D eigenvalue weighted by molar-refractivity contribution is 14.1. The molecule has 0 aliphatic carbocycles. The average Bonchev–Trinajstić information content (AvgIpc) is 3.32. The van der Waals surface area contributed by atoms with Gasteiger partial charge in [0.1, 0.15) is 25.3 Å². The third kappa shape index (κ3) is 51.9. The molecule has 0 aliphatic heterocycles. The molecular weight excluding hydrogens is 1090 g/mol. The molecule has 0 aromatic heterocycles. The summed E-state index contributed by atoms with van der Waals surface area (Å²) in [6.07, 6.45) is 16.4. The fourth-order valence-electron chi connectivity index (χ4n) is 5.91. The average molecular weight is 1170 g/mol. The first kappa shape index (κ1) is 71.8. The molecule has 0 spiro atoms. The van der Waals surface area contributed by atoms with E-state index in [1.165, 1.54) is 19.3 Å². The number of halogens is 1. The fourth-order valence-corrected chi connectivity index (χ4v) is 8.11. The number of aliphatic carboxylic acids is 3. The van der Waals surface area contributed by atoms with Gasteiger partial charge in [-0.3, -0.25) is 38.6 Å². The molecule has 0 aromatic carbocycles. The van der Waals surface area contributed by atoms with E-state index in [0.717, 1.165) is 57.1 Å². The van der Waals surface area contributed by atoms with Gasteiger partial charge in [0.25, 0.3) is 0 Å². The van der Waals surface area contributed by atoms with Gasteiger partial charge in [0, 0.05) is 67.5 Å². The summed E-state index contributed by atoms with van der Waals surface area (Å²) in [5, 5.41) is 40.1. The topological polar surface area (TPSA) is 306 Å². The summed E-state index contributed by atoms with van der Waals surface area (Å²) >= 11 is 7.27. The normalized spacial score (nSPS) is 11.9. The molecule has 4 unspecified atom stereocenters. The number of ether oxygens (including phenoxy) is 4. The molecule has 0 aliphatic rings. The van der Waals surface area contributed by atoms with E-state index in [0.29, 0.717) is 32.2 Å². The van der Waals surface area contributed by atoms with Crippen LogP contribution in [0.5, 0.6) is 0 Å². The Hall–Kier alpha value is -2.42. The molecule has 4 amide bonds. The van der Waals surface area contributed by atoms with E-state index in [4.69, 9.17) is 29.2 Å². The van der Waals surface area contributed by atoms with Crippen molar-refractivity contribution in [3.63, 3.8) is 0 Å². The van der Waals surface area contributed by atoms with Crippen molar-refractivity contribution in [2.24, 2.45) is 0 Å². The zero-order valence-corrected chi connectivity index (χ0v) is 46.7. The van der Waals surface area contributed by atoms with Gasteiger partial charge in [0.15, 0.2) is 0 Å². The number of hydrogen-bond donors (Lipinski definition) is 10. The van der Waals surface area contributed by atoms with E-state index < -0.39 is 30.0 Å². The molecule has 70 heavy (non-hydrogen) atoms. The Kier molecular flexibility index (Phi) is 55.8. The molecule has 9 N–H and O–H groups in total. The first-order valence-corrected chi connectivity index (χ1v) is 27.8. The molecule has 0 saturated heterocycles. The summed E-state index contributed by atoms with van der Waals surface area (Å²) in [7, 11) is 2.19. The van der Waals surface area contributed by atoms with Gasteiger partial charge in [-0.1, -0.05) is 87.4 Å². The lowest BCUT2D eigenvalue weighted by molar-refractivity contribution is -0.142. The molecule has 25 heteroatoms. The molecule has 0 heterocycles. The van der Waals surface area contributed by atoms with E-state index >= 15 is 0 Å². The van der Waals surface area contributed by atoms with Crippen LogP contribution in [-0.2, 0) is 57.3 Å². The van der Waals surface area contributed by atoms with Crippen molar-refractivity contribution in [1.82, 2.24) is 29.9 Å². The largest absolute Gasteiger partial charge is 0.481 e. The van der Waals surface area contributed by atoms with Crippen LogP contribution in [0.15, 0.2) is 0 Å². The summed E-state index contributed by atoms with van der Waals surface area (Å²) in [5.41, 5.74) is 0. The zero-order valence-electron chi connectivity index (χ0n) is 41.7. The minimum absolute atomic E-state index is 0.0353. The standard InChI is InChI=1S/C39H72N5O14P.C4H8INOS2.C2H6/c45-33(19-18-31(38(51)52)43-34(46)16-11-9-7-5-3-1-2-4-6-8-10-12-17-37(49)50)41-21-23-55-25-28-58-30-36(48)42-22-24-56-26-27-57-29-35(47)40-20-14-13-15-32(44-59)39(53)54;1-9-2-3(6-5)4(7)8;1-2/h31-32,44H,1-30,59H2,(H,40,47)(H,41,45)(H,42,48)(H,43,46)(H,49,50)(H,51,52)(H,53,54);3,6H,2H2,1H3,(H,7,8);1-2H3. The number of nitrogens with one attached hydrogen (secondary N) is 6. The molecule has 0 aromatic rings. The van der Waals surface area contributed by atoms with Crippen LogP contribution < -0.4 is 29.9 Å². The number of hydrogen-bond acceptors (Lipinski definition) is 15. The number of carboxylic acid groups (broad SMARTS) is 3. The van der Waals surface area contributed by atoms with Gasteiger partial charge < -0.3 is 55.5 Å². The third-order valence-corrected chi connectivity index (χ3v) is 11.8. The monoisotopic (exact) mass is 1170 g/mol. The number of thioether (sulfide) groups is 1. The number of carboxylic acids is 3. The third-order valence-electron chi connectivity index (χ3n) is 9.69. The molecular formula is C45H86IN6O15PS2. The van der Waals surface area contributed by atoms with E-state index in [2.05, 4.69) is 51.9 Å². The highest BCUT2D eigenvalue weighted by atomic mass is 127. The van der Waals surface area contributed by atoms with Gasteiger partial charge in [-0.25, -0.2) is 8.32 Å². The summed E-state index contributed by atoms with van der Waals surface area (Å²) in [6, 6.07) is -1.89. The molecule has 410 valence electrons. The van der Waals surface area contributed by atoms with Crippen LogP contribution in [0.4, 0.5) is 0 Å². The molecule has 0 fully saturated rings. The predicted octanol–water partition coefficient (Wildman–Crippen LogP) is 4.44. The van der Waals surface area contributed by atoms with Crippen LogP contribution in [0, 0.1) is 0 Å². The Balaban J connectivity index is -0.00000363. The van der Waals surface area contributed by atoms with Crippen molar-refractivity contribution in [2.45, 2.75) is 154 Å². The maximum absolute atomic E-state index is 12.3. The highest BCUT2D eigenvalue weighted by Crippen LogP contribution is 2.13. The second kappa shape index (κ2) is 54.4. The second-order valence-corrected chi connectivity index (χ2v) is 17.8.